The first-order valence-corrected chi connectivity index (χ1v) is 7.79. The Morgan fingerprint density at radius 3 is 2.42 bits per heavy atom. The fourth-order valence-corrected chi connectivity index (χ4v) is 2.09. The molecule has 0 bridgehead atoms. The van der Waals surface area contributed by atoms with Crippen LogP contribution < -0.4 is 5.32 Å². The van der Waals surface area contributed by atoms with Crippen LogP contribution in [0.15, 0.2) is 18.2 Å². The monoisotopic (exact) mass is 374 g/mol. The number of hydrogen-bond acceptors (Lipinski definition) is 5. The van der Waals surface area contributed by atoms with E-state index in [-0.39, 0.29) is 24.1 Å². The van der Waals surface area contributed by atoms with E-state index < -0.39 is 35.6 Å². The van der Waals surface area contributed by atoms with Crippen molar-refractivity contribution in [1.29, 1.82) is 5.26 Å². The minimum Gasteiger partial charge on any atom is -0.444 e. The standard InChI is InChI=1S/C17H21F3N2O4/c1-16(2,3)26-15(25)22-7-6-13(23)14(24)12-5-4-11(17(18,19)20)8-10(12)9-21/h4-5,8,13-14,23-24H,6-7H2,1-3H3,(H,22,25). The zero-order valence-corrected chi connectivity index (χ0v) is 14.6. The molecule has 0 saturated heterocycles. The zero-order valence-electron chi connectivity index (χ0n) is 14.6. The Morgan fingerprint density at radius 1 is 1.31 bits per heavy atom. The molecular weight excluding hydrogens is 353 g/mol. The lowest BCUT2D eigenvalue weighted by Crippen LogP contribution is -2.34. The number of benzene rings is 1. The third-order valence-corrected chi connectivity index (χ3v) is 3.29. The first-order chi connectivity index (χ1) is 11.8. The highest BCUT2D eigenvalue weighted by atomic mass is 19.4. The number of aliphatic hydroxyl groups excluding tert-OH is 2. The lowest BCUT2D eigenvalue weighted by Gasteiger charge is -2.22. The summed E-state index contributed by atoms with van der Waals surface area (Å²) in [5.41, 5.74) is -2.22. The molecule has 144 valence electrons. The number of carbonyl (C=O) groups excluding carboxylic acids is 1. The van der Waals surface area contributed by atoms with Crippen molar-refractivity contribution in [3.8, 4) is 6.07 Å². The maximum Gasteiger partial charge on any atom is 0.416 e. The normalized spacial score (nSPS) is 14.3. The molecule has 0 saturated carbocycles. The fraction of sp³-hybridized carbons (Fsp3) is 0.529. The van der Waals surface area contributed by atoms with Gasteiger partial charge in [-0.15, -0.1) is 0 Å². The first kappa shape index (κ1) is 21.7. The van der Waals surface area contributed by atoms with Gasteiger partial charge in [0, 0.05) is 12.1 Å². The van der Waals surface area contributed by atoms with E-state index >= 15 is 0 Å². The molecule has 0 aliphatic heterocycles. The molecule has 0 aromatic heterocycles. The summed E-state index contributed by atoms with van der Waals surface area (Å²) in [5.74, 6) is 0. The van der Waals surface area contributed by atoms with Crippen LogP contribution in [-0.2, 0) is 10.9 Å². The molecule has 0 heterocycles. The molecule has 0 radical (unpaired) electrons. The molecule has 0 aliphatic carbocycles. The number of alkyl halides is 3. The molecule has 1 aromatic rings. The van der Waals surface area contributed by atoms with Gasteiger partial charge in [-0.1, -0.05) is 6.07 Å². The molecule has 0 aliphatic rings. The van der Waals surface area contributed by atoms with Crippen LogP contribution in [0.4, 0.5) is 18.0 Å². The third-order valence-electron chi connectivity index (χ3n) is 3.29. The molecule has 6 nitrogen and oxygen atoms in total. The number of nitrogens with zero attached hydrogens (tertiary/aromatic N) is 1. The van der Waals surface area contributed by atoms with Crippen molar-refractivity contribution >= 4 is 6.09 Å². The molecule has 26 heavy (non-hydrogen) atoms. The largest absolute Gasteiger partial charge is 0.444 e. The van der Waals surface area contributed by atoms with E-state index in [9.17, 15) is 28.2 Å². The van der Waals surface area contributed by atoms with Gasteiger partial charge in [0.15, 0.2) is 0 Å². The summed E-state index contributed by atoms with van der Waals surface area (Å²) in [6, 6.07) is 3.88. The first-order valence-electron chi connectivity index (χ1n) is 7.79. The Labute approximate surface area is 149 Å². The van der Waals surface area contributed by atoms with Gasteiger partial charge in [-0.25, -0.2) is 4.79 Å². The second-order valence-corrected chi connectivity index (χ2v) is 6.64. The Balaban J connectivity index is 2.73. The van der Waals surface area contributed by atoms with E-state index in [0.717, 1.165) is 12.1 Å². The number of amides is 1. The van der Waals surface area contributed by atoms with Crippen LogP contribution in [0.3, 0.4) is 0 Å². The van der Waals surface area contributed by atoms with Gasteiger partial charge in [0.05, 0.1) is 23.3 Å². The lowest BCUT2D eigenvalue weighted by atomic mass is 9.95. The summed E-state index contributed by atoms with van der Waals surface area (Å²) in [6.45, 7) is 5.01. The van der Waals surface area contributed by atoms with Crippen LogP contribution in [0.2, 0.25) is 0 Å². The minimum atomic E-state index is -4.62. The smallest absolute Gasteiger partial charge is 0.416 e. The number of alkyl carbamates (subject to hydrolysis) is 1. The Kier molecular flexibility index (Phi) is 7.00. The van der Waals surface area contributed by atoms with Crippen molar-refractivity contribution in [3.05, 3.63) is 34.9 Å². The van der Waals surface area contributed by atoms with Crippen LogP contribution in [0, 0.1) is 11.3 Å². The van der Waals surface area contributed by atoms with Gasteiger partial charge in [-0.2, -0.15) is 18.4 Å². The quantitative estimate of drug-likeness (QED) is 0.735. The zero-order chi connectivity index (χ0) is 20.1. The van der Waals surface area contributed by atoms with Crippen molar-refractivity contribution in [3.63, 3.8) is 0 Å². The van der Waals surface area contributed by atoms with Gasteiger partial charge in [0.2, 0.25) is 0 Å². The Morgan fingerprint density at radius 2 is 1.92 bits per heavy atom. The van der Waals surface area contributed by atoms with Crippen LogP contribution in [-0.4, -0.2) is 34.6 Å². The average molecular weight is 374 g/mol. The third kappa shape index (κ3) is 6.54. The van der Waals surface area contributed by atoms with Gasteiger partial charge >= 0.3 is 12.3 Å². The molecule has 3 N–H and O–H groups in total. The highest BCUT2D eigenvalue weighted by Crippen LogP contribution is 2.32. The van der Waals surface area contributed by atoms with Crippen molar-refractivity contribution in [2.75, 3.05) is 6.54 Å². The van der Waals surface area contributed by atoms with Crippen molar-refractivity contribution in [1.82, 2.24) is 5.32 Å². The van der Waals surface area contributed by atoms with Gasteiger partial charge in [-0.05, 0) is 39.3 Å². The summed E-state index contributed by atoms with van der Waals surface area (Å²) < 4.78 is 43.0. The predicted octanol–water partition coefficient (Wildman–Crippen LogP) is 2.89. The van der Waals surface area contributed by atoms with E-state index in [1.807, 2.05) is 0 Å². The van der Waals surface area contributed by atoms with E-state index in [4.69, 9.17) is 10.00 Å². The van der Waals surface area contributed by atoms with Crippen LogP contribution in [0.25, 0.3) is 0 Å². The molecule has 2 atom stereocenters. The van der Waals surface area contributed by atoms with E-state index in [2.05, 4.69) is 5.32 Å². The number of carbonyl (C=O) groups is 1. The lowest BCUT2D eigenvalue weighted by molar-refractivity contribution is -0.137. The van der Waals surface area contributed by atoms with E-state index in [1.165, 1.54) is 0 Å². The van der Waals surface area contributed by atoms with Gasteiger partial charge in [-0.3, -0.25) is 0 Å². The van der Waals surface area contributed by atoms with Crippen LogP contribution >= 0.6 is 0 Å². The summed E-state index contributed by atoms with van der Waals surface area (Å²) in [4.78, 5) is 11.5. The van der Waals surface area contributed by atoms with Gasteiger partial charge < -0.3 is 20.3 Å². The number of hydrogen-bond donors (Lipinski definition) is 3. The van der Waals surface area contributed by atoms with Crippen LogP contribution in [0.1, 0.15) is 50.0 Å². The summed E-state index contributed by atoms with van der Waals surface area (Å²) >= 11 is 0. The number of nitrogens with one attached hydrogen (secondary N) is 1. The molecular formula is C17H21F3N2O4. The molecule has 1 rings (SSSR count). The number of ether oxygens (including phenoxy) is 1. The van der Waals surface area contributed by atoms with Crippen LogP contribution in [0.5, 0.6) is 0 Å². The summed E-state index contributed by atoms with van der Waals surface area (Å²) in [6.07, 6.45) is -8.38. The number of rotatable bonds is 5. The van der Waals surface area contributed by atoms with Crippen molar-refractivity contribution in [2.24, 2.45) is 0 Å². The minimum absolute atomic E-state index is 0.0321. The molecule has 1 aromatic carbocycles. The van der Waals surface area contributed by atoms with E-state index in [1.54, 1.807) is 26.8 Å². The fourth-order valence-electron chi connectivity index (χ4n) is 2.09. The topological polar surface area (TPSA) is 103 Å². The van der Waals surface area contributed by atoms with Crippen molar-refractivity contribution in [2.45, 2.75) is 51.2 Å². The second-order valence-electron chi connectivity index (χ2n) is 6.64. The van der Waals surface area contributed by atoms with Gasteiger partial charge in [0.25, 0.3) is 0 Å². The second kappa shape index (κ2) is 8.38. The molecule has 0 fully saturated rings. The number of nitriles is 1. The summed E-state index contributed by atoms with van der Waals surface area (Å²) in [5, 5.41) is 31.5. The van der Waals surface area contributed by atoms with E-state index in [0.29, 0.717) is 6.07 Å². The Bertz CT molecular complexity index is 678. The molecule has 1 amide bonds. The summed E-state index contributed by atoms with van der Waals surface area (Å²) in [7, 11) is 0. The average Bonchev–Trinajstić information content (AvgIpc) is 2.50. The van der Waals surface area contributed by atoms with Crippen molar-refractivity contribution < 1.29 is 32.9 Å². The highest BCUT2D eigenvalue weighted by Gasteiger charge is 2.32. The maximum atomic E-state index is 12.7. The SMILES string of the molecule is CC(C)(C)OC(=O)NCCC(O)C(O)c1ccc(C(F)(F)F)cc1C#N. The predicted molar refractivity (Wildman–Crippen MR) is 86.0 cm³/mol. The van der Waals surface area contributed by atoms with Gasteiger partial charge in [0.1, 0.15) is 11.7 Å². The number of aliphatic hydroxyl groups is 2. The highest BCUT2D eigenvalue weighted by molar-refractivity contribution is 5.67. The number of halogens is 3. The molecule has 9 heteroatoms. The Hall–Kier alpha value is -2.31. The molecule has 2 unspecified atom stereocenters. The maximum absolute atomic E-state index is 12.7. The molecule has 0 spiro atoms.